The van der Waals surface area contributed by atoms with Crippen LogP contribution in [-0.4, -0.2) is 75.7 Å². The number of hydrogen-bond acceptors (Lipinski definition) is 9. The zero-order chi connectivity index (χ0) is 17.1. The second kappa shape index (κ2) is 7.49. The second-order valence-corrected chi connectivity index (χ2v) is 6.88. The van der Waals surface area contributed by atoms with E-state index >= 15 is 0 Å². The standard InChI is InChI=1S/C16H25N7O2/c24-12-5-4-7-22(11-12)10-6-17-15-16(23-8-2-1-3-9-23)19-14-13(18-15)20-25-21-14/h12,24H,1-11H2,(H,17,18,20)/t12-/m0/s1. The Labute approximate surface area is 146 Å². The van der Waals surface area contributed by atoms with Crippen molar-refractivity contribution in [1.29, 1.82) is 0 Å². The van der Waals surface area contributed by atoms with E-state index in [1.165, 1.54) is 19.3 Å². The molecule has 2 fully saturated rings. The van der Waals surface area contributed by atoms with Crippen LogP contribution in [0, 0.1) is 0 Å². The summed E-state index contributed by atoms with van der Waals surface area (Å²) in [7, 11) is 0. The lowest BCUT2D eigenvalue weighted by atomic mass is 10.1. The summed E-state index contributed by atoms with van der Waals surface area (Å²) in [6.45, 7) is 5.37. The fourth-order valence-electron chi connectivity index (χ4n) is 3.64. The lowest BCUT2D eigenvalue weighted by Crippen LogP contribution is -2.40. The molecule has 0 aromatic carbocycles. The quantitative estimate of drug-likeness (QED) is 0.815. The van der Waals surface area contributed by atoms with Gasteiger partial charge in [-0.05, 0) is 49.0 Å². The minimum Gasteiger partial charge on any atom is -0.392 e. The van der Waals surface area contributed by atoms with Crippen molar-refractivity contribution >= 4 is 22.9 Å². The van der Waals surface area contributed by atoms with E-state index in [1.54, 1.807) is 0 Å². The van der Waals surface area contributed by atoms with Crippen molar-refractivity contribution in [2.75, 3.05) is 49.5 Å². The molecule has 0 amide bonds. The Morgan fingerprint density at radius 3 is 2.64 bits per heavy atom. The molecule has 0 unspecified atom stereocenters. The first-order valence-corrected chi connectivity index (χ1v) is 9.19. The Kier molecular flexibility index (Phi) is 4.93. The number of anilines is 2. The number of nitrogens with one attached hydrogen (secondary N) is 1. The number of likely N-dealkylation sites (tertiary alicyclic amines) is 1. The SMILES string of the molecule is O[C@H]1CCCN(CCNc2nc3nonc3nc2N2CCCCC2)C1. The van der Waals surface area contributed by atoms with E-state index in [0.29, 0.717) is 11.3 Å². The average Bonchev–Trinajstić information content (AvgIpc) is 3.09. The topological polar surface area (TPSA) is 103 Å². The van der Waals surface area contributed by atoms with Crippen LogP contribution >= 0.6 is 0 Å². The number of rotatable bonds is 5. The van der Waals surface area contributed by atoms with Gasteiger partial charge in [0.1, 0.15) is 0 Å². The zero-order valence-corrected chi connectivity index (χ0v) is 14.4. The lowest BCUT2D eigenvalue weighted by molar-refractivity contribution is 0.0730. The number of aromatic nitrogens is 4. The van der Waals surface area contributed by atoms with Crippen molar-refractivity contribution < 1.29 is 9.74 Å². The molecule has 9 heteroatoms. The first-order chi connectivity index (χ1) is 12.3. The third-order valence-electron chi connectivity index (χ3n) is 4.95. The second-order valence-electron chi connectivity index (χ2n) is 6.88. The summed E-state index contributed by atoms with van der Waals surface area (Å²) in [5.74, 6) is 1.57. The van der Waals surface area contributed by atoms with Gasteiger partial charge in [-0.3, -0.25) is 4.90 Å². The number of fused-ring (bicyclic) bond motifs is 1. The summed E-state index contributed by atoms with van der Waals surface area (Å²) in [4.78, 5) is 13.7. The largest absolute Gasteiger partial charge is 0.392 e. The molecule has 136 valence electrons. The first-order valence-electron chi connectivity index (χ1n) is 9.19. The van der Waals surface area contributed by atoms with Gasteiger partial charge in [0.25, 0.3) is 0 Å². The van der Waals surface area contributed by atoms with Crippen molar-refractivity contribution in [2.45, 2.75) is 38.2 Å². The van der Waals surface area contributed by atoms with Crippen LogP contribution in [-0.2, 0) is 0 Å². The number of hydrogen-bond donors (Lipinski definition) is 2. The highest BCUT2D eigenvalue weighted by atomic mass is 16.6. The number of nitrogens with zero attached hydrogens (tertiary/aromatic N) is 6. The molecule has 2 aliphatic heterocycles. The summed E-state index contributed by atoms with van der Waals surface area (Å²) >= 11 is 0. The van der Waals surface area contributed by atoms with Crippen molar-refractivity contribution in [1.82, 2.24) is 25.2 Å². The average molecular weight is 347 g/mol. The van der Waals surface area contributed by atoms with Crippen LogP contribution in [0.5, 0.6) is 0 Å². The van der Waals surface area contributed by atoms with Gasteiger partial charge >= 0.3 is 0 Å². The fourth-order valence-corrected chi connectivity index (χ4v) is 3.64. The number of β-amino-alcohol motifs (C(OH)–C–C–N with tert-alkyl or cyclic N) is 1. The number of aliphatic hydroxyl groups is 1. The maximum Gasteiger partial charge on any atom is 0.245 e. The predicted molar refractivity (Wildman–Crippen MR) is 93.6 cm³/mol. The molecule has 0 spiro atoms. The van der Waals surface area contributed by atoms with Gasteiger partial charge < -0.3 is 15.3 Å². The van der Waals surface area contributed by atoms with Crippen LogP contribution < -0.4 is 10.2 Å². The minimum atomic E-state index is -0.199. The van der Waals surface area contributed by atoms with Gasteiger partial charge in [0, 0.05) is 32.7 Å². The number of piperidine rings is 2. The molecule has 0 bridgehead atoms. The van der Waals surface area contributed by atoms with Crippen molar-refractivity contribution in [3.8, 4) is 0 Å². The molecule has 4 heterocycles. The summed E-state index contributed by atoms with van der Waals surface area (Å²) in [6.07, 6.45) is 5.36. The molecule has 25 heavy (non-hydrogen) atoms. The lowest BCUT2D eigenvalue weighted by Gasteiger charge is -2.31. The Hall–Kier alpha value is -2.00. The summed E-state index contributed by atoms with van der Waals surface area (Å²) in [5.41, 5.74) is 0.877. The molecule has 2 N–H and O–H groups in total. The van der Waals surface area contributed by atoms with E-state index in [4.69, 9.17) is 4.63 Å². The van der Waals surface area contributed by atoms with Crippen LogP contribution in [0.1, 0.15) is 32.1 Å². The Morgan fingerprint density at radius 1 is 1.04 bits per heavy atom. The highest BCUT2D eigenvalue weighted by Crippen LogP contribution is 2.26. The molecule has 2 aromatic heterocycles. The van der Waals surface area contributed by atoms with Gasteiger partial charge in [-0.1, -0.05) is 0 Å². The minimum absolute atomic E-state index is 0.199. The van der Waals surface area contributed by atoms with Crippen LogP contribution in [0.4, 0.5) is 11.6 Å². The smallest absolute Gasteiger partial charge is 0.245 e. The third-order valence-corrected chi connectivity index (χ3v) is 4.95. The maximum absolute atomic E-state index is 9.79. The van der Waals surface area contributed by atoms with Gasteiger partial charge in [-0.15, -0.1) is 0 Å². The van der Waals surface area contributed by atoms with Gasteiger partial charge in [0.15, 0.2) is 11.6 Å². The molecule has 0 saturated carbocycles. The van der Waals surface area contributed by atoms with Crippen LogP contribution in [0.15, 0.2) is 4.63 Å². The summed E-state index contributed by atoms with van der Waals surface area (Å²) in [6, 6.07) is 0. The normalized spacial score (nSPS) is 22.4. The molecule has 0 radical (unpaired) electrons. The van der Waals surface area contributed by atoms with Crippen molar-refractivity contribution in [3.63, 3.8) is 0 Å². The van der Waals surface area contributed by atoms with Crippen molar-refractivity contribution in [2.24, 2.45) is 0 Å². The monoisotopic (exact) mass is 347 g/mol. The fraction of sp³-hybridized carbons (Fsp3) is 0.750. The molecular weight excluding hydrogens is 322 g/mol. The molecule has 0 aliphatic carbocycles. The third kappa shape index (κ3) is 3.82. The van der Waals surface area contributed by atoms with Crippen LogP contribution in [0.2, 0.25) is 0 Å². The molecule has 2 saturated heterocycles. The molecular formula is C16H25N7O2. The molecule has 1 atom stereocenters. The van der Waals surface area contributed by atoms with Crippen LogP contribution in [0.3, 0.4) is 0 Å². The highest BCUT2D eigenvalue weighted by molar-refractivity contribution is 5.74. The number of aliphatic hydroxyl groups excluding tert-OH is 1. The Bertz CT molecular complexity index is 701. The van der Waals surface area contributed by atoms with Gasteiger partial charge in [-0.2, -0.15) is 0 Å². The van der Waals surface area contributed by atoms with E-state index in [0.717, 1.165) is 63.7 Å². The zero-order valence-electron chi connectivity index (χ0n) is 14.4. The molecule has 4 rings (SSSR count). The first kappa shape index (κ1) is 16.5. The van der Waals surface area contributed by atoms with Gasteiger partial charge in [0.05, 0.1) is 6.10 Å². The maximum atomic E-state index is 9.79. The van der Waals surface area contributed by atoms with Gasteiger partial charge in [0.2, 0.25) is 11.3 Å². The summed E-state index contributed by atoms with van der Waals surface area (Å²) < 4.78 is 4.77. The molecule has 2 aromatic rings. The van der Waals surface area contributed by atoms with E-state index in [1.807, 2.05) is 0 Å². The predicted octanol–water partition coefficient (Wildman–Crippen LogP) is 0.872. The molecule has 2 aliphatic rings. The Morgan fingerprint density at radius 2 is 1.84 bits per heavy atom. The Balaban J connectivity index is 1.46. The van der Waals surface area contributed by atoms with Crippen LogP contribution in [0.25, 0.3) is 11.3 Å². The molecule has 9 nitrogen and oxygen atoms in total. The van der Waals surface area contributed by atoms with E-state index < -0.39 is 0 Å². The van der Waals surface area contributed by atoms with E-state index in [-0.39, 0.29) is 6.10 Å². The van der Waals surface area contributed by atoms with Gasteiger partial charge in [-0.25, -0.2) is 14.6 Å². The van der Waals surface area contributed by atoms with E-state index in [9.17, 15) is 5.11 Å². The van der Waals surface area contributed by atoms with E-state index in [2.05, 4.69) is 35.4 Å². The summed E-state index contributed by atoms with van der Waals surface area (Å²) in [5, 5.41) is 20.8. The highest BCUT2D eigenvalue weighted by Gasteiger charge is 2.21. The van der Waals surface area contributed by atoms with Crippen molar-refractivity contribution in [3.05, 3.63) is 0 Å².